The van der Waals surface area contributed by atoms with Crippen LogP contribution in [0.3, 0.4) is 0 Å². The van der Waals surface area contributed by atoms with Crippen molar-refractivity contribution in [1.82, 2.24) is 10.2 Å². The van der Waals surface area contributed by atoms with Crippen LogP contribution in [0.15, 0.2) is 0 Å². The Kier molecular flexibility index (Phi) is 5.05. The number of nitrogens with one attached hydrogen (secondary N) is 1. The van der Waals surface area contributed by atoms with Crippen LogP contribution >= 0.6 is 0 Å². The van der Waals surface area contributed by atoms with Crippen molar-refractivity contribution in [3.05, 3.63) is 0 Å². The molecule has 0 aromatic rings. The Morgan fingerprint density at radius 1 is 1.35 bits per heavy atom. The fourth-order valence-corrected chi connectivity index (χ4v) is 4.23. The van der Waals surface area contributed by atoms with Crippen LogP contribution < -0.4 is 5.32 Å². The van der Waals surface area contributed by atoms with Gasteiger partial charge in [-0.1, -0.05) is 6.92 Å². The summed E-state index contributed by atoms with van der Waals surface area (Å²) in [7, 11) is -2.88. The van der Waals surface area contributed by atoms with Gasteiger partial charge in [0, 0.05) is 13.1 Å². The third-order valence-corrected chi connectivity index (χ3v) is 6.00. The minimum absolute atomic E-state index is 0.229. The predicted molar refractivity (Wildman–Crippen MR) is 79.1 cm³/mol. The van der Waals surface area contributed by atoms with E-state index in [2.05, 4.69) is 23.2 Å². The van der Waals surface area contributed by atoms with Crippen LogP contribution in [-0.2, 0) is 9.84 Å². The zero-order valence-electron chi connectivity index (χ0n) is 12.3. The summed E-state index contributed by atoms with van der Waals surface area (Å²) in [5.74, 6) is 0.945. The average Bonchev–Trinajstić information content (AvgIpc) is 3.24. The molecule has 1 atom stereocenters. The van der Waals surface area contributed by atoms with E-state index in [9.17, 15) is 13.7 Å². The summed E-state index contributed by atoms with van der Waals surface area (Å²) >= 11 is 0. The van der Waals surface area contributed by atoms with Crippen LogP contribution in [-0.4, -0.2) is 56.5 Å². The van der Waals surface area contributed by atoms with Crippen LogP contribution in [0.4, 0.5) is 0 Å². The SMILES string of the molecule is CCCNC(C#N)(CN1CCCS(=O)(=O)CC1)C1CC1. The van der Waals surface area contributed by atoms with E-state index in [4.69, 9.17) is 0 Å². The molecule has 1 saturated carbocycles. The highest BCUT2D eigenvalue weighted by Crippen LogP contribution is 2.40. The first-order chi connectivity index (χ1) is 9.51. The van der Waals surface area contributed by atoms with Gasteiger partial charge in [0.2, 0.25) is 0 Å². The first-order valence-electron chi connectivity index (χ1n) is 7.60. The molecule has 0 bridgehead atoms. The molecule has 1 N–H and O–H groups in total. The molecular formula is C14H25N3O2S. The Balaban J connectivity index is 2.02. The van der Waals surface area contributed by atoms with Gasteiger partial charge in [-0.15, -0.1) is 0 Å². The number of rotatable bonds is 6. The summed E-state index contributed by atoms with van der Waals surface area (Å²) in [6.45, 7) is 4.94. The number of hydrogen-bond acceptors (Lipinski definition) is 5. The summed E-state index contributed by atoms with van der Waals surface area (Å²) < 4.78 is 23.3. The van der Waals surface area contributed by atoms with Crippen LogP contribution in [0.25, 0.3) is 0 Å². The van der Waals surface area contributed by atoms with Gasteiger partial charge in [0.25, 0.3) is 0 Å². The summed E-state index contributed by atoms with van der Waals surface area (Å²) in [6, 6.07) is 2.50. The van der Waals surface area contributed by atoms with Crippen LogP contribution in [0.5, 0.6) is 0 Å². The van der Waals surface area contributed by atoms with Crippen molar-refractivity contribution in [3.8, 4) is 6.07 Å². The van der Waals surface area contributed by atoms with Gasteiger partial charge < -0.3 is 0 Å². The van der Waals surface area contributed by atoms with Gasteiger partial charge in [0.1, 0.15) is 5.54 Å². The van der Waals surface area contributed by atoms with Crippen molar-refractivity contribution >= 4 is 9.84 Å². The van der Waals surface area contributed by atoms with E-state index < -0.39 is 15.4 Å². The highest BCUT2D eigenvalue weighted by Gasteiger charge is 2.46. The molecule has 0 spiro atoms. The van der Waals surface area contributed by atoms with Crippen molar-refractivity contribution in [2.24, 2.45) is 5.92 Å². The number of nitrogens with zero attached hydrogens (tertiary/aromatic N) is 2. The molecule has 5 nitrogen and oxygen atoms in total. The summed E-state index contributed by atoms with van der Waals surface area (Å²) in [5.41, 5.74) is -0.482. The van der Waals surface area contributed by atoms with Gasteiger partial charge in [-0.05, 0) is 44.7 Å². The largest absolute Gasteiger partial charge is 0.299 e. The lowest BCUT2D eigenvalue weighted by Gasteiger charge is -2.33. The molecule has 0 amide bonds. The lowest BCUT2D eigenvalue weighted by molar-refractivity contribution is 0.207. The molecule has 20 heavy (non-hydrogen) atoms. The quantitative estimate of drug-likeness (QED) is 0.784. The fourth-order valence-electron chi connectivity index (χ4n) is 2.92. The maximum atomic E-state index is 11.7. The Morgan fingerprint density at radius 3 is 2.70 bits per heavy atom. The van der Waals surface area contributed by atoms with E-state index in [1.807, 2.05) is 0 Å². The molecule has 2 fully saturated rings. The lowest BCUT2D eigenvalue weighted by Crippen LogP contribution is -2.55. The molecule has 1 aliphatic carbocycles. The third kappa shape index (κ3) is 3.94. The zero-order valence-corrected chi connectivity index (χ0v) is 13.1. The molecule has 2 aliphatic rings. The normalized spacial score (nSPS) is 26.4. The van der Waals surface area contributed by atoms with Gasteiger partial charge in [-0.3, -0.25) is 10.2 Å². The molecule has 1 saturated heterocycles. The molecule has 1 aliphatic heterocycles. The highest BCUT2D eigenvalue weighted by molar-refractivity contribution is 7.91. The van der Waals surface area contributed by atoms with E-state index in [0.717, 1.165) is 32.4 Å². The van der Waals surface area contributed by atoms with E-state index in [-0.39, 0.29) is 11.5 Å². The molecule has 114 valence electrons. The molecule has 0 radical (unpaired) electrons. The summed E-state index contributed by atoms with van der Waals surface area (Å²) in [5, 5.41) is 13.1. The Hall–Kier alpha value is -0.640. The van der Waals surface area contributed by atoms with Crippen LogP contribution in [0.1, 0.15) is 32.6 Å². The van der Waals surface area contributed by atoms with Gasteiger partial charge in [-0.25, -0.2) is 8.42 Å². The van der Waals surface area contributed by atoms with E-state index in [1.165, 1.54) is 0 Å². The zero-order chi connectivity index (χ0) is 14.6. The standard InChI is InChI=1S/C14H25N3O2S/c1-2-6-16-14(11-15,13-4-5-13)12-17-7-3-9-20(18,19)10-8-17/h13,16H,2-10,12H2,1H3. The van der Waals surface area contributed by atoms with Gasteiger partial charge in [-0.2, -0.15) is 5.26 Å². The smallest absolute Gasteiger partial charge is 0.151 e. The topological polar surface area (TPSA) is 73.2 Å². The molecule has 1 unspecified atom stereocenters. The maximum Gasteiger partial charge on any atom is 0.151 e. The fraction of sp³-hybridized carbons (Fsp3) is 0.929. The average molecular weight is 299 g/mol. The van der Waals surface area contributed by atoms with Crippen LogP contribution in [0.2, 0.25) is 0 Å². The first kappa shape index (κ1) is 15.7. The Bertz CT molecular complexity index is 467. The lowest BCUT2D eigenvalue weighted by atomic mass is 9.93. The molecule has 0 aromatic carbocycles. The molecular weight excluding hydrogens is 274 g/mol. The van der Waals surface area contributed by atoms with Crippen molar-refractivity contribution in [2.45, 2.75) is 38.1 Å². The minimum atomic E-state index is -2.88. The number of sulfone groups is 1. The second-order valence-corrected chi connectivity index (χ2v) is 8.37. The summed E-state index contributed by atoms with van der Waals surface area (Å²) in [6.07, 6.45) is 3.90. The van der Waals surface area contributed by atoms with Gasteiger partial charge >= 0.3 is 0 Å². The van der Waals surface area contributed by atoms with E-state index in [0.29, 0.717) is 25.4 Å². The maximum absolute atomic E-state index is 11.7. The van der Waals surface area contributed by atoms with E-state index >= 15 is 0 Å². The van der Waals surface area contributed by atoms with Crippen molar-refractivity contribution < 1.29 is 8.42 Å². The van der Waals surface area contributed by atoms with E-state index in [1.54, 1.807) is 0 Å². The Labute approximate surface area is 122 Å². The monoisotopic (exact) mass is 299 g/mol. The van der Waals surface area contributed by atoms with Gasteiger partial charge in [0.05, 0.1) is 17.6 Å². The second kappa shape index (κ2) is 6.42. The third-order valence-electron chi connectivity index (χ3n) is 4.29. The minimum Gasteiger partial charge on any atom is -0.299 e. The number of nitriles is 1. The number of hydrogen-bond donors (Lipinski definition) is 1. The Morgan fingerprint density at radius 2 is 2.10 bits per heavy atom. The van der Waals surface area contributed by atoms with Crippen molar-refractivity contribution in [1.29, 1.82) is 5.26 Å². The first-order valence-corrected chi connectivity index (χ1v) is 9.42. The molecule has 2 rings (SSSR count). The highest BCUT2D eigenvalue weighted by atomic mass is 32.2. The summed E-state index contributed by atoms with van der Waals surface area (Å²) in [4.78, 5) is 2.16. The van der Waals surface area contributed by atoms with Crippen LogP contribution in [0, 0.1) is 17.2 Å². The van der Waals surface area contributed by atoms with Crippen molar-refractivity contribution in [3.63, 3.8) is 0 Å². The van der Waals surface area contributed by atoms with Gasteiger partial charge in [0.15, 0.2) is 9.84 Å². The molecule has 0 aromatic heterocycles. The molecule has 1 heterocycles. The second-order valence-electron chi connectivity index (χ2n) is 6.07. The molecule has 6 heteroatoms. The van der Waals surface area contributed by atoms with Crippen molar-refractivity contribution in [2.75, 3.05) is 37.7 Å². The predicted octanol–water partition coefficient (Wildman–Crippen LogP) is 0.779.